The van der Waals surface area contributed by atoms with Crippen LogP contribution in [0.3, 0.4) is 0 Å². The van der Waals surface area contributed by atoms with Gasteiger partial charge in [-0.15, -0.1) is 0 Å². The van der Waals surface area contributed by atoms with Crippen LogP contribution in [0.5, 0.6) is 11.5 Å². The standard InChI is InChI=1S/C22H25N3O5/c1-13-9-16(5-7-18(13)23-14(2)26)24-22(28)15-10-21(27)25(12-15)17-6-8-19(29-3)20(11-17)30-4/h5-9,11,15H,10,12H2,1-4H3,(H,23,26)(H,24,28). The Morgan fingerprint density at radius 3 is 2.40 bits per heavy atom. The fourth-order valence-corrected chi connectivity index (χ4v) is 3.44. The van der Waals surface area contributed by atoms with E-state index in [9.17, 15) is 14.4 Å². The van der Waals surface area contributed by atoms with Crippen molar-refractivity contribution in [3.8, 4) is 11.5 Å². The molecule has 0 aliphatic carbocycles. The van der Waals surface area contributed by atoms with Gasteiger partial charge in [-0.25, -0.2) is 0 Å². The first-order valence-corrected chi connectivity index (χ1v) is 9.54. The molecule has 2 aromatic rings. The third-order valence-electron chi connectivity index (χ3n) is 4.98. The molecule has 30 heavy (non-hydrogen) atoms. The van der Waals surface area contributed by atoms with E-state index in [2.05, 4.69) is 10.6 Å². The summed E-state index contributed by atoms with van der Waals surface area (Å²) in [5, 5.41) is 5.60. The third-order valence-corrected chi connectivity index (χ3v) is 4.98. The summed E-state index contributed by atoms with van der Waals surface area (Å²) >= 11 is 0. The van der Waals surface area contributed by atoms with E-state index in [1.54, 1.807) is 48.4 Å². The minimum Gasteiger partial charge on any atom is -0.493 e. The Balaban J connectivity index is 1.69. The number of aryl methyl sites for hydroxylation is 1. The number of rotatable bonds is 6. The number of hydrogen-bond donors (Lipinski definition) is 2. The lowest BCUT2D eigenvalue weighted by Gasteiger charge is -2.18. The number of anilines is 3. The summed E-state index contributed by atoms with van der Waals surface area (Å²) in [6.45, 7) is 3.57. The van der Waals surface area contributed by atoms with Crippen LogP contribution in [0.25, 0.3) is 0 Å². The average Bonchev–Trinajstić information content (AvgIpc) is 3.11. The van der Waals surface area contributed by atoms with Gasteiger partial charge in [-0.1, -0.05) is 0 Å². The Kier molecular flexibility index (Phi) is 6.25. The molecule has 1 fully saturated rings. The maximum absolute atomic E-state index is 12.7. The molecule has 1 saturated heterocycles. The molecule has 3 rings (SSSR count). The van der Waals surface area contributed by atoms with Crippen molar-refractivity contribution in [1.29, 1.82) is 0 Å². The molecule has 0 spiro atoms. The summed E-state index contributed by atoms with van der Waals surface area (Å²) in [4.78, 5) is 38.1. The van der Waals surface area contributed by atoms with E-state index in [4.69, 9.17) is 9.47 Å². The molecule has 2 aromatic carbocycles. The van der Waals surface area contributed by atoms with Crippen molar-refractivity contribution in [2.24, 2.45) is 5.92 Å². The van der Waals surface area contributed by atoms with Gasteiger partial charge in [0.05, 0.1) is 20.1 Å². The van der Waals surface area contributed by atoms with Gasteiger partial charge in [0, 0.05) is 43.0 Å². The quantitative estimate of drug-likeness (QED) is 0.762. The molecule has 0 saturated carbocycles. The second-order valence-corrected chi connectivity index (χ2v) is 7.14. The van der Waals surface area contributed by atoms with Gasteiger partial charge in [-0.05, 0) is 42.8 Å². The first kappa shape index (κ1) is 21.2. The minimum atomic E-state index is -0.471. The zero-order valence-corrected chi connectivity index (χ0v) is 17.4. The van der Waals surface area contributed by atoms with Crippen LogP contribution in [-0.4, -0.2) is 38.5 Å². The Morgan fingerprint density at radius 1 is 1.03 bits per heavy atom. The highest BCUT2D eigenvalue weighted by Crippen LogP contribution is 2.34. The molecule has 1 aliphatic heterocycles. The van der Waals surface area contributed by atoms with Gasteiger partial charge in [0.15, 0.2) is 11.5 Å². The minimum absolute atomic E-state index is 0.125. The zero-order chi connectivity index (χ0) is 21.8. The zero-order valence-electron chi connectivity index (χ0n) is 17.4. The molecule has 0 aromatic heterocycles. The van der Waals surface area contributed by atoms with E-state index in [0.29, 0.717) is 28.6 Å². The van der Waals surface area contributed by atoms with Crippen LogP contribution < -0.4 is 25.0 Å². The smallest absolute Gasteiger partial charge is 0.229 e. The predicted octanol–water partition coefficient (Wildman–Crippen LogP) is 2.96. The van der Waals surface area contributed by atoms with Crippen LogP contribution in [-0.2, 0) is 14.4 Å². The molecule has 158 valence electrons. The average molecular weight is 411 g/mol. The van der Waals surface area contributed by atoms with Crippen LogP contribution in [0, 0.1) is 12.8 Å². The summed E-state index contributed by atoms with van der Waals surface area (Å²) < 4.78 is 10.5. The predicted molar refractivity (Wildman–Crippen MR) is 114 cm³/mol. The van der Waals surface area contributed by atoms with E-state index >= 15 is 0 Å². The number of methoxy groups -OCH3 is 2. The number of nitrogens with one attached hydrogen (secondary N) is 2. The van der Waals surface area contributed by atoms with Gasteiger partial charge in [-0.3, -0.25) is 14.4 Å². The first-order valence-electron chi connectivity index (χ1n) is 9.54. The van der Waals surface area contributed by atoms with E-state index in [1.807, 2.05) is 6.92 Å². The first-order chi connectivity index (χ1) is 14.3. The highest BCUT2D eigenvalue weighted by atomic mass is 16.5. The van der Waals surface area contributed by atoms with Crippen LogP contribution >= 0.6 is 0 Å². The molecule has 8 nitrogen and oxygen atoms in total. The molecule has 0 bridgehead atoms. The highest BCUT2D eigenvalue weighted by Gasteiger charge is 2.35. The lowest BCUT2D eigenvalue weighted by atomic mass is 10.1. The SMILES string of the molecule is COc1ccc(N2CC(C(=O)Nc3ccc(NC(C)=O)c(C)c3)CC2=O)cc1OC. The lowest BCUT2D eigenvalue weighted by Crippen LogP contribution is -2.28. The van der Waals surface area contributed by atoms with E-state index < -0.39 is 5.92 Å². The van der Waals surface area contributed by atoms with Crippen LogP contribution in [0.2, 0.25) is 0 Å². The van der Waals surface area contributed by atoms with Crippen LogP contribution in [0.4, 0.5) is 17.1 Å². The normalized spacial score (nSPS) is 15.7. The van der Waals surface area contributed by atoms with E-state index in [1.165, 1.54) is 14.0 Å². The lowest BCUT2D eigenvalue weighted by molar-refractivity contribution is -0.122. The maximum Gasteiger partial charge on any atom is 0.229 e. The Hall–Kier alpha value is -3.55. The topological polar surface area (TPSA) is 97.0 Å². The van der Waals surface area contributed by atoms with Crippen LogP contribution in [0.15, 0.2) is 36.4 Å². The number of carbonyl (C=O) groups excluding carboxylic acids is 3. The van der Waals surface area contributed by atoms with Crippen molar-refractivity contribution in [3.63, 3.8) is 0 Å². The van der Waals surface area contributed by atoms with E-state index in [-0.39, 0.29) is 30.7 Å². The maximum atomic E-state index is 12.7. The summed E-state index contributed by atoms with van der Waals surface area (Å²) in [5.74, 6) is 0.110. The summed E-state index contributed by atoms with van der Waals surface area (Å²) in [7, 11) is 3.08. The number of ether oxygens (including phenoxy) is 2. The third kappa shape index (κ3) is 4.53. The molecule has 8 heteroatoms. The summed E-state index contributed by atoms with van der Waals surface area (Å²) in [6.07, 6.45) is 0.128. The number of amides is 3. The van der Waals surface area contributed by atoms with Gasteiger partial charge in [0.2, 0.25) is 17.7 Å². The van der Waals surface area contributed by atoms with Crippen molar-refractivity contribution >= 4 is 34.8 Å². The Bertz CT molecular complexity index is 989. The molecule has 1 atom stereocenters. The largest absolute Gasteiger partial charge is 0.493 e. The molecular weight excluding hydrogens is 386 g/mol. The van der Waals surface area contributed by atoms with E-state index in [0.717, 1.165) is 5.56 Å². The van der Waals surface area contributed by atoms with Crippen molar-refractivity contribution in [1.82, 2.24) is 0 Å². The van der Waals surface area contributed by atoms with Gasteiger partial charge in [0.25, 0.3) is 0 Å². The molecule has 1 unspecified atom stereocenters. The molecule has 1 heterocycles. The van der Waals surface area contributed by atoms with Crippen molar-refractivity contribution < 1.29 is 23.9 Å². The van der Waals surface area contributed by atoms with Gasteiger partial charge >= 0.3 is 0 Å². The summed E-state index contributed by atoms with van der Waals surface area (Å²) in [5.41, 5.74) is 2.79. The Morgan fingerprint density at radius 2 is 1.77 bits per heavy atom. The molecule has 3 amide bonds. The number of carbonyl (C=O) groups is 3. The van der Waals surface area contributed by atoms with Crippen LogP contribution in [0.1, 0.15) is 18.9 Å². The second-order valence-electron chi connectivity index (χ2n) is 7.14. The Labute approximate surface area is 175 Å². The summed E-state index contributed by atoms with van der Waals surface area (Å²) in [6, 6.07) is 10.5. The monoisotopic (exact) mass is 411 g/mol. The fourth-order valence-electron chi connectivity index (χ4n) is 3.44. The van der Waals surface area contributed by atoms with Crippen molar-refractivity contribution in [2.45, 2.75) is 20.3 Å². The van der Waals surface area contributed by atoms with Crippen molar-refractivity contribution in [2.75, 3.05) is 36.3 Å². The molecule has 2 N–H and O–H groups in total. The molecular formula is C22H25N3O5. The van der Waals surface area contributed by atoms with Gasteiger partial charge < -0.3 is 25.0 Å². The number of benzene rings is 2. The second kappa shape index (κ2) is 8.86. The number of hydrogen-bond acceptors (Lipinski definition) is 5. The molecule has 1 aliphatic rings. The van der Waals surface area contributed by atoms with Gasteiger partial charge in [-0.2, -0.15) is 0 Å². The highest BCUT2D eigenvalue weighted by molar-refractivity contribution is 6.03. The number of nitrogens with zero attached hydrogens (tertiary/aromatic N) is 1. The molecule has 0 radical (unpaired) electrons. The van der Waals surface area contributed by atoms with Gasteiger partial charge in [0.1, 0.15) is 0 Å². The fraction of sp³-hybridized carbons (Fsp3) is 0.318. The van der Waals surface area contributed by atoms with Crippen molar-refractivity contribution in [3.05, 3.63) is 42.0 Å².